The second kappa shape index (κ2) is 5.14. The fraction of sp³-hybridized carbons (Fsp3) is 0.250. The summed E-state index contributed by atoms with van der Waals surface area (Å²) < 4.78 is 5.22. The van der Waals surface area contributed by atoms with E-state index in [2.05, 4.69) is 47.1 Å². The Balaban J connectivity index is 1.76. The van der Waals surface area contributed by atoms with E-state index in [4.69, 9.17) is 0 Å². The van der Waals surface area contributed by atoms with Crippen LogP contribution >= 0.6 is 11.3 Å². The van der Waals surface area contributed by atoms with E-state index in [1.54, 1.807) is 11.3 Å². The summed E-state index contributed by atoms with van der Waals surface area (Å²) in [5, 5.41) is 4.63. The first kappa shape index (κ1) is 13.3. The Kier molecular flexibility index (Phi) is 3.11. The molecule has 0 aliphatic carbocycles. The monoisotopic (exact) mass is 310 g/mol. The maximum absolute atomic E-state index is 4.63. The van der Waals surface area contributed by atoms with Gasteiger partial charge >= 0.3 is 0 Å². The molecule has 0 spiro atoms. The lowest BCUT2D eigenvalue weighted by molar-refractivity contribution is -0.762. The lowest BCUT2D eigenvalue weighted by Crippen LogP contribution is -2.39. The fourth-order valence-electron chi connectivity index (χ4n) is 2.57. The molecule has 3 aromatic heterocycles. The third kappa shape index (κ3) is 2.16. The molecule has 3 heterocycles. The standard InChI is InChI=1S/C16H16N5S/c1-3-13-8-20-10-21(19-16(20)7-17-13)11(2)12-4-5-15-14(6-12)18-9-22-15/h4-11H,3H2,1-2H3/q+1. The van der Waals surface area contributed by atoms with Gasteiger partial charge in [-0.15, -0.1) is 16.0 Å². The highest BCUT2D eigenvalue weighted by atomic mass is 32.1. The lowest BCUT2D eigenvalue weighted by Gasteiger charge is -2.05. The molecular weight excluding hydrogens is 294 g/mol. The van der Waals surface area contributed by atoms with Gasteiger partial charge in [-0.3, -0.25) is 4.98 Å². The van der Waals surface area contributed by atoms with E-state index in [0.717, 1.165) is 23.3 Å². The van der Waals surface area contributed by atoms with Gasteiger partial charge in [-0.2, -0.15) is 4.40 Å². The van der Waals surface area contributed by atoms with Gasteiger partial charge in [0.1, 0.15) is 12.2 Å². The van der Waals surface area contributed by atoms with Gasteiger partial charge in [0.15, 0.2) is 0 Å². The second-order valence-corrected chi connectivity index (χ2v) is 6.23. The Labute approximate surface area is 131 Å². The van der Waals surface area contributed by atoms with Crippen LogP contribution < -0.4 is 4.68 Å². The number of aromatic nitrogens is 5. The molecule has 22 heavy (non-hydrogen) atoms. The van der Waals surface area contributed by atoms with Gasteiger partial charge in [-0.1, -0.05) is 13.0 Å². The predicted molar refractivity (Wildman–Crippen MR) is 86.0 cm³/mol. The molecule has 0 radical (unpaired) electrons. The van der Waals surface area contributed by atoms with Crippen molar-refractivity contribution in [1.29, 1.82) is 0 Å². The van der Waals surface area contributed by atoms with Crippen LogP contribution in [0.4, 0.5) is 0 Å². The highest BCUT2D eigenvalue weighted by Crippen LogP contribution is 2.22. The van der Waals surface area contributed by atoms with E-state index in [9.17, 15) is 0 Å². The minimum absolute atomic E-state index is 0.149. The van der Waals surface area contributed by atoms with E-state index < -0.39 is 0 Å². The summed E-state index contributed by atoms with van der Waals surface area (Å²) in [7, 11) is 0. The first-order valence-corrected chi connectivity index (χ1v) is 8.21. The van der Waals surface area contributed by atoms with Crippen LogP contribution in [-0.4, -0.2) is 19.5 Å². The molecule has 110 valence electrons. The van der Waals surface area contributed by atoms with Gasteiger partial charge in [0, 0.05) is 5.56 Å². The Morgan fingerprint density at radius 1 is 1.32 bits per heavy atom. The van der Waals surface area contributed by atoms with Crippen molar-refractivity contribution in [3.63, 3.8) is 0 Å². The zero-order chi connectivity index (χ0) is 15.1. The highest BCUT2D eigenvalue weighted by molar-refractivity contribution is 7.16. The SMILES string of the molecule is CCc1cn2c[n+](C(C)c3ccc4scnc4c3)nc2cn1. The fourth-order valence-corrected chi connectivity index (χ4v) is 3.22. The van der Waals surface area contributed by atoms with E-state index >= 15 is 0 Å². The molecule has 0 bridgehead atoms. The molecule has 0 aliphatic rings. The van der Waals surface area contributed by atoms with E-state index in [1.165, 1.54) is 10.3 Å². The number of fused-ring (bicyclic) bond motifs is 2. The Bertz CT molecular complexity index is 955. The van der Waals surface area contributed by atoms with E-state index in [-0.39, 0.29) is 6.04 Å². The van der Waals surface area contributed by atoms with Crippen LogP contribution in [0.3, 0.4) is 0 Å². The van der Waals surface area contributed by atoms with Gasteiger partial charge in [-0.25, -0.2) is 4.98 Å². The van der Waals surface area contributed by atoms with Crippen LogP contribution in [0.2, 0.25) is 0 Å². The summed E-state index contributed by atoms with van der Waals surface area (Å²) >= 11 is 1.67. The molecule has 1 aromatic carbocycles. The molecular formula is C16H16N5S+. The topological polar surface area (TPSA) is 47.0 Å². The van der Waals surface area contributed by atoms with Crippen molar-refractivity contribution in [2.24, 2.45) is 0 Å². The van der Waals surface area contributed by atoms with Crippen LogP contribution in [0.15, 0.2) is 42.4 Å². The van der Waals surface area contributed by atoms with Crippen LogP contribution in [0.25, 0.3) is 15.9 Å². The first-order valence-electron chi connectivity index (χ1n) is 7.33. The molecule has 0 amide bonds. The van der Waals surface area contributed by atoms with Crippen molar-refractivity contribution in [1.82, 2.24) is 19.5 Å². The first-order chi connectivity index (χ1) is 10.7. The Morgan fingerprint density at radius 3 is 3.09 bits per heavy atom. The van der Waals surface area contributed by atoms with Gasteiger partial charge in [-0.05, 0) is 30.6 Å². The predicted octanol–water partition coefficient (Wildman–Crippen LogP) is 2.80. The zero-order valence-electron chi connectivity index (χ0n) is 12.5. The molecule has 0 saturated heterocycles. The number of rotatable bonds is 3. The van der Waals surface area contributed by atoms with Crippen LogP contribution in [0, 0.1) is 0 Å². The molecule has 4 aromatic rings. The van der Waals surface area contributed by atoms with Crippen molar-refractivity contribution in [2.75, 3.05) is 0 Å². The highest BCUT2D eigenvalue weighted by Gasteiger charge is 2.18. The molecule has 0 N–H and O–H groups in total. The number of nitrogens with zero attached hydrogens (tertiary/aromatic N) is 5. The van der Waals surface area contributed by atoms with Gasteiger partial charge in [0.25, 0.3) is 12.0 Å². The van der Waals surface area contributed by atoms with Gasteiger partial charge in [0.2, 0.25) is 0 Å². The van der Waals surface area contributed by atoms with Crippen molar-refractivity contribution in [3.05, 3.63) is 53.7 Å². The summed E-state index contributed by atoms with van der Waals surface area (Å²) in [6.07, 6.45) is 6.80. The molecule has 1 unspecified atom stereocenters. The number of benzene rings is 1. The lowest BCUT2D eigenvalue weighted by atomic mass is 10.1. The van der Waals surface area contributed by atoms with Crippen LogP contribution in [0.1, 0.15) is 31.1 Å². The largest absolute Gasteiger partial charge is 0.283 e. The van der Waals surface area contributed by atoms with E-state index in [0.29, 0.717) is 0 Å². The summed E-state index contributed by atoms with van der Waals surface area (Å²) in [5.74, 6) is 0. The zero-order valence-corrected chi connectivity index (χ0v) is 13.3. The average molecular weight is 310 g/mol. The van der Waals surface area contributed by atoms with Gasteiger partial charge in [0.05, 0.1) is 27.6 Å². The van der Waals surface area contributed by atoms with Crippen molar-refractivity contribution >= 4 is 27.2 Å². The third-order valence-corrected chi connectivity index (χ3v) is 4.77. The maximum Gasteiger partial charge on any atom is 0.283 e. The van der Waals surface area contributed by atoms with Crippen molar-refractivity contribution < 1.29 is 4.68 Å². The second-order valence-electron chi connectivity index (χ2n) is 5.35. The molecule has 0 fully saturated rings. The quantitative estimate of drug-likeness (QED) is 0.547. The Hall–Kier alpha value is -2.34. The Morgan fingerprint density at radius 2 is 2.23 bits per heavy atom. The van der Waals surface area contributed by atoms with Gasteiger partial charge < -0.3 is 0 Å². The minimum atomic E-state index is 0.149. The number of thiazole rings is 1. The summed E-state index contributed by atoms with van der Waals surface area (Å²) in [6.45, 7) is 4.25. The number of hydrogen-bond donors (Lipinski definition) is 0. The third-order valence-electron chi connectivity index (χ3n) is 3.96. The van der Waals surface area contributed by atoms with Crippen molar-refractivity contribution in [3.8, 4) is 0 Å². The minimum Gasteiger partial charge on any atom is -0.251 e. The molecule has 0 saturated carbocycles. The van der Waals surface area contributed by atoms with Crippen LogP contribution in [-0.2, 0) is 6.42 Å². The molecule has 1 atom stereocenters. The summed E-state index contributed by atoms with van der Waals surface area (Å²) in [5.41, 5.74) is 6.06. The number of aryl methyl sites for hydroxylation is 1. The molecule has 4 rings (SSSR count). The normalized spacial score (nSPS) is 13.0. The summed E-state index contributed by atoms with van der Waals surface area (Å²) in [4.78, 5) is 8.79. The van der Waals surface area contributed by atoms with E-state index in [1.807, 2.05) is 33.3 Å². The molecule has 5 nitrogen and oxygen atoms in total. The summed E-state index contributed by atoms with van der Waals surface area (Å²) in [6, 6.07) is 6.57. The average Bonchev–Trinajstić information content (AvgIpc) is 3.18. The van der Waals surface area contributed by atoms with Crippen LogP contribution in [0.5, 0.6) is 0 Å². The molecule has 0 aliphatic heterocycles. The smallest absolute Gasteiger partial charge is 0.251 e. The molecule has 6 heteroatoms. The maximum atomic E-state index is 4.63. The number of hydrogen-bond acceptors (Lipinski definition) is 4. The van der Waals surface area contributed by atoms with Crippen molar-refractivity contribution in [2.45, 2.75) is 26.3 Å².